The van der Waals surface area contributed by atoms with Crippen molar-refractivity contribution >= 4 is 17.7 Å². The molecule has 1 fully saturated rings. The van der Waals surface area contributed by atoms with Crippen LogP contribution in [0.25, 0.3) is 5.57 Å². The molecule has 0 unspecified atom stereocenters. The minimum absolute atomic E-state index is 0.325. The molecule has 1 aromatic heterocycles. The van der Waals surface area contributed by atoms with Crippen LogP contribution in [0.5, 0.6) is 0 Å². The second-order valence-corrected chi connectivity index (χ2v) is 4.52. The summed E-state index contributed by atoms with van der Waals surface area (Å²) in [6.45, 7) is 2.52. The maximum Gasteiger partial charge on any atom is 0.225 e. The number of aromatic nitrogens is 2. The fraction of sp³-hybridized carbons (Fsp3) is 0.462. The number of anilines is 1. The van der Waals surface area contributed by atoms with Gasteiger partial charge in [-0.2, -0.15) is 0 Å². The van der Waals surface area contributed by atoms with Gasteiger partial charge in [-0.3, -0.25) is 4.99 Å². The lowest BCUT2D eigenvalue weighted by Gasteiger charge is -2.37. The number of aliphatic imine (C=N–C) groups is 1. The van der Waals surface area contributed by atoms with Crippen molar-refractivity contribution in [2.45, 2.75) is 12.5 Å². The number of dihydropyridines is 1. The summed E-state index contributed by atoms with van der Waals surface area (Å²) < 4.78 is 5.24. The van der Waals surface area contributed by atoms with Gasteiger partial charge in [0.25, 0.3) is 0 Å². The van der Waals surface area contributed by atoms with E-state index in [4.69, 9.17) is 4.74 Å². The Bertz CT molecular complexity index is 474. The molecule has 0 atom stereocenters. The summed E-state index contributed by atoms with van der Waals surface area (Å²) in [6.07, 6.45) is 9.06. The number of ether oxygens (including phenoxy) is 1. The summed E-state index contributed by atoms with van der Waals surface area (Å²) in [5.41, 5.74) is 2.35. The fourth-order valence-corrected chi connectivity index (χ4v) is 2.12. The van der Waals surface area contributed by atoms with E-state index in [2.05, 4.69) is 25.9 Å². The van der Waals surface area contributed by atoms with Crippen LogP contribution in [0.4, 0.5) is 5.95 Å². The number of hydrogen-bond donors (Lipinski definition) is 0. The van der Waals surface area contributed by atoms with E-state index < -0.39 is 0 Å². The molecule has 1 aromatic rings. The number of hydrogen-bond acceptors (Lipinski definition) is 5. The van der Waals surface area contributed by atoms with E-state index in [0.29, 0.717) is 6.10 Å². The van der Waals surface area contributed by atoms with Crippen molar-refractivity contribution in [3.8, 4) is 0 Å². The first-order chi connectivity index (χ1) is 8.86. The Kier molecular flexibility index (Phi) is 3.06. The normalized spacial score (nSPS) is 19.6. The third-order valence-electron chi connectivity index (χ3n) is 3.36. The molecule has 3 heterocycles. The van der Waals surface area contributed by atoms with E-state index in [1.54, 1.807) is 7.11 Å². The lowest BCUT2D eigenvalue weighted by Crippen LogP contribution is -2.52. The molecule has 0 aliphatic carbocycles. The second-order valence-electron chi connectivity index (χ2n) is 4.52. The van der Waals surface area contributed by atoms with E-state index >= 15 is 0 Å². The Morgan fingerprint density at radius 3 is 2.67 bits per heavy atom. The molecule has 0 bridgehead atoms. The van der Waals surface area contributed by atoms with Gasteiger partial charge in [0.05, 0.1) is 12.6 Å². The highest BCUT2D eigenvalue weighted by Crippen LogP contribution is 2.21. The minimum Gasteiger partial charge on any atom is -0.378 e. The topological polar surface area (TPSA) is 50.6 Å². The third kappa shape index (κ3) is 2.13. The van der Waals surface area contributed by atoms with Gasteiger partial charge in [-0.15, -0.1) is 0 Å². The van der Waals surface area contributed by atoms with Gasteiger partial charge in [0, 0.05) is 50.8 Å². The molecule has 3 rings (SSSR count). The quantitative estimate of drug-likeness (QED) is 0.801. The molecule has 2 aliphatic rings. The summed E-state index contributed by atoms with van der Waals surface area (Å²) in [5, 5.41) is 0. The summed E-state index contributed by atoms with van der Waals surface area (Å²) in [5.74, 6) is 0.789. The van der Waals surface area contributed by atoms with Crippen molar-refractivity contribution in [3.63, 3.8) is 0 Å². The van der Waals surface area contributed by atoms with Crippen LogP contribution in [0, 0.1) is 0 Å². The first-order valence-electron chi connectivity index (χ1n) is 6.14. The highest BCUT2D eigenvalue weighted by atomic mass is 16.5. The molecule has 94 valence electrons. The first-order valence-corrected chi connectivity index (χ1v) is 6.14. The average Bonchev–Trinajstić information content (AvgIpc) is 2.39. The van der Waals surface area contributed by atoms with Crippen molar-refractivity contribution in [1.82, 2.24) is 9.97 Å². The second kappa shape index (κ2) is 4.86. The molecule has 18 heavy (non-hydrogen) atoms. The van der Waals surface area contributed by atoms with Crippen molar-refractivity contribution < 1.29 is 4.74 Å². The van der Waals surface area contributed by atoms with Gasteiger partial charge in [0.1, 0.15) is 0 Å². The molecule has 1 saturated heterocycles. The van der Waals surface area contributed by atoms with E-state index in [1.165, 1.54) is 5.57 Å². The van der Waals surface area contributed by atoms with Crippen LogP contribution < -0.4 is 4.90 Å². The van der Waals surface area contributed by atoms with Gasteiger partial charge in [-0.25, -0.2) is 9.97 Å². The number of nitrogens with zero attached hydrogens (tertiary/aromatic N) is 4. The zero-order valence-corrected chi connectivity index (χ0v) is 10.4. The van der Waals surface area contributed by atoms with Crippen LogP contribution >= 0.6 is 0 Å². The molecule has 0 amide bonds. The Morgan fingerprint density at radius 1 is 1.28 bits per heavy atom. The first kappa shape index (κ1) is 11.3. The molecule has 0 saturated carbocycles. The maximum atomic E-state index is 5.24. The molecule has 5 nitrogen and oxygen atoms in total. The molecule has 0 radical (unpaired) electrons. The molecular weight excluding hydrogens is 228 g/mol. The molecule has 0 N–H and O–H groups in total. The monoisotopic (exact) mass is 244 g/mol. The summed E-state index contributed by atoms with van der Waals surface area (Å²) in [7, 11) is 1.74. The predicted molar refractivity (Wildman–Crippen MR) is 71.0 cm³/mol. The van der Waals surface area contributed by atoms with Crippen LogP contribution in [0.15, 0.2) is 23.5 Å². The van der Waals surface area contributed by atoms with Crippen LogP contribution in [0.1, 0.15) is 12.0 Å². The molecule has 2 aliphatic heterocycles. The Morgan fingerprint density at radius 2 is 2.06 bits per heavy atom. The zero-order chi connectivity index (χ0) is 12.4. The van der Waals surface area contributed by atoms with Gasteiger partial charge in [0.2, 0.25) is 5.95 Å². The average molecular weight is 244 g/mol. The summed E-state index contributed by atoms with van der Waals surface area (Å²) in [6, 6.07) is 0. The smallest absolute Gasteiger partial charge is 0.225 e. The van der Waals surface area contributed by atoms with Gasteiger partial charge in [-0.05, 0) is 5.57 Å². The SMILES string of the molecule is COC1CN(c2ncc(C3=CCN=CC3)cn2)C1. The summed E-state index contributed by atoms with van der Waals surface area (Å²) in [4.78, 5) is 15.1. The minimum atomic E-state index is 0.325. The molecular formula is C13H16N4O. The largest absolute Gasteiger partial charge is 0.378 e. The van der Waals surface area contributed by atoms with E-state index in [0.717, 1.165) is 37.6 Å². The van der Waals surface area contributed by atoms with Crippen LogP contribution in [0.2, 0.25) is 0 Å². The number of allylic oxidation sites excluding steroid dienone is 1. The fourth-order valence-electron chi connectivity index (χ4n) is 2.12. The molecule has 5 heteroatoms. The third-order valence-corrected chi connectivity index (χ3v) is 3.36. The van der Waals surface area contributed by atoms with Crippen molar-refractivity contribution in [2.75, 3.05) is 31.6 Å². The standard InChI is InChI=1S/C13H16N4O/c1-18-12-8-17(9-12)13-15-6-11(7-16-13)10-2-4-14-5-3-10/h2,5-7,12H,3-4,8-9H2,1H3. The van der Waals surface area contributed by atoms with Gasteiger partial charge in [0.15, 0.2) is 0 Å². The Labute approximate surface area is 106 Å². The van der Waals surface area contributed by atoms with Crippen LogP contribution in [-0.4, -0.2) is 49.0 Å². The van der Waals surface area contributed by atoms with E-state index in [1.807, 2.05) is 18.6 Å². The van der Waals surface area contributed by atoms with Crippen LogP contribution in [0.3, 0.4) is 0 Å². The van der Waals surface area contributed by atoms with Crippen molar-refractivity contribution in [2.24, 2.45) is 4.99 Å². The maximum absolute atomic E-state index is 5.24. The summed E-state index contributed by atoms with van der Waals surface area (Å²) >= 11 is 0. The molecule has 0 spiro atoms. The van der Waals surface area contributed by atoms with Gasteiger partial charge >= 0.3 is 0 Å². The zero-order valence-electron chi connectivity index (χ0n) is 10.4. The predicted octanol–water partition coefficient (Wildman–Crippen LogP) is 1.17. The van der Waals surface area contributed by atoms with Gasteiger partial charge in [-0.1, -0.05) is 6.08 Å². The highest BCUT2D eigenvalue weighted by molar-refractivity contribution is 5.81. The highest BCUT2D eigenvalue weighted by Gasteiger charge is 2.28. The van der Waals surface area contributed by atoms with Crippen LogP contribution in [-0.2, 0) is 4.74 Å². The Balaban J connectivity index is 1.68. The molecule has 0 aromatic carbocycles. The van der Waals surface area contributed by atoms with Crippen molar-refractivity contribution in [1.29, 1.82) is 0 Å². The van der Waals surface area contributed by atoms with E-state index in [-0.39, 0.29) is 0 Å². The number of rotatable bonds is 3. The number of methoxy groups -OCH3 is 1. The van der Waals surface area contributed by atoms with Gasteiger partial charge < -0.3 is 9.64 Å². The lowest BCUT2D eigenvalue weighted by molar-refractivity contribution is 0.0778. The Hall–Kier alpha value is -1.75. The van der Waals surface area contributed by atoms with Crippen molar-refractivity contribution in [3.05, 3.63) is 24.0 Å². The lowest BCUT2D eigenvalue weighted by atomic mass is 10.1. The van der Waals surface area contributed by atoms with E-state index in [9.17, 15) is 0 Å².